The number of hydrogen-bond donors (Lipinski definition) is 1. The molecule has 2 aromatic carbocycles. The Labute approximate surface area is 139 Å². The summed E-state index contributed by atoms with van der Waals surface area (Å²) in [5.41, 5.74) is 1.72. The summed E-state index contributed by atoms with van der Waals surface area (Å²) in [5, 5.41) is 11.3. The number of aliphatic hydroxyl groups is 1. The molecule has 1 aromatic heterocycles. The van der Waals surface area contributed by atoms with Gasteiger partial charge in [-0.25, -0.2) is 4.98 Å². The monoisotopic (exact) mass is 325 g/mol. The SMILES string of the molecule is C=CCCCOc1cccc(C(O)c2nc3ccccc3s2)c1. The van der Waals surface area contributed by atoms with Crippen LogP contribution in [-0.2, 0) is 0 Å². The molecule has 1 heterocycles. The Morgan fingerprint density at radius 3 is 2.91 bits per heavy atom. The van der Waals surface area contributed by atoms with Gasteiger partial charge in [0.05, 0.1) is 16.8 Å². The Morgan fingerprint density at radius 2 is 2.09 bits per heavy atom. The Hall–Kier alpha value is -2.17. The summed E-state index contributed by atoms with van der Waals surface area (Å²) in [6.45, 7) is 4.35. The van der Waals surface area contributed by atoms with Crippen LogP contribution in [0.3, 0.4) is 0 Å². The summed E-state index contributed by atoms with van der Waals surface area (Å²) >= 11 is 1.52. The molecule has 1 atom stereocenters. The number of para-hydroxylation sites is 1. The van der Waals surface area contributed by atoms with E-state index in [1.165, 1.54) is 11.3 Å². The maximum absolute atomic E-state index is 10.6. The third-order valence-corrected chi connectivity index (χ3v) is 4.63. The first-order chi connectivity index (χ1) is 11.3. The van der Waals surface area contributed by atoms with Gasteiger partial charge in [-0.15, -0.1) is 17.9 Å². The molecular weight excluding hydrogens is 306 g/mol. The fraction of sp³-hybridized carbons (Fsp3) is 0.211. The zero-order valence-corrected chi connectivity index (χ0v) is 13.6. The van der Waals surface area contributed by atoms with E-state index < -0.39 is 6.10 Å². The van der Waals surface area contributed by atoms with Crippen LogP contribution in [0.2, 0.25) is 0 Å². The van der Waals surface area contributed by atoms with Crippen LogP contribution in [0.15, 0.2) is 61.2 Å². The predicted octanol–water partition coefficient (Wildman–Crippen LogP) is 4.72. The second-order valence-corrected chi connectivity index (χ2v) is 6.34. The second-order valence-electron chi connectivity index (χ2n) is 5.27. The number of rotatable bonds is 7. The third kappa shape index (κ3) is 3.78. The number of allylic oxidation sites excluding steroid dienone is 1. The normalized spacial score (nSPS) is 12.2. The van der Waals surface area contributed by atoms with Crippen molar-refractivity contribution < 1.29 is 9.84 Å². The maximum atomic E-state index is 10.6. The quantitative estimate of drug-likeness (QED) is 0.505. The Bertz CT molecular complexity index is 764. The van der Waals surface area contributed by atoms with E-state index in [4.69, 9.17) is 4.74 Å². The molecule has 0 saturated carbocycles. The van der Waals surface area contributed by atoms with E-state index in [9.17, 15) is 5.11 Å². The molecule has 0 aliphatic rings. The molecule has 1 unspecified atom stereocenters. The van der Waals surface area contributed by atoms with Crippen molar-refractivity contribution >= 4 is 21.6 Å². The average Bonchev–Trinajstić information content (AvgIpc) is 3.02. The molecule has 118 valence electrons. The first-order valence-corrected chi connectivity index (χ1v) is 8.47. The molecule has 4 heteroatoms. The summed E-state index contributed by atoms with van der Waals surface area (Å²) in [5.74, 6) is 0.770. The lowest BCUT2D eigenvalue weighted by Gasteiger charge is -2.11. The molecule has 3 rings (SSSR count). The molecule has 0 aliphatic carbocycles. The fourth-order valence-corrected chi connectivity index (χ4v) is 3.32. The molecule has 0 amide bonds. The maximum Gasteiger partial charge on any atom is 0.131 e. The average molecular weight is 325 g/mol. The van der Waals surface area contributed by atoms with Crippen molar-refractivity contribution in [1.82, 2.24) is 4.98 Å². The van der Waals surface area contributed by atoms with Crippen molar-refractivity contribution in [2.45, 2.75) is 18.9 Å². The second kappa shape index (κ2) is 7.40. The van der Waals surface area contributed by atoms with Crippen molar-refractivity contribution in [2.24, 2.45) is 0 Å². The van der Waals surface area contributed by atoms with E-state index >= 15 is 0 Å². The Morgan fingerprint density at radius 1 is 1.22 bits per heavy atom. The summed E-state index contributed by atoms with van der Waals surface area (Å²) in [4.78, 5) is 4.52. The van der Waals surface area contributed by atoms with E-state index in [2.05, 4.69) is 11.6 Å². The molecule has 0 bridgehead atoms. The van der Waals surface area contributed by atoms with Crippen molar-refractivity contribution in [3.63, 3.8) is 0 Å². The van der Waals surface area contributed by atoms with E-state index in [0.29, 0.717) is 11.6 Å². The van der Waals surface area contributed by atoms with Crippen molar-refractivity contribution in [3.8, 4) is 5.75 Å². The van der Waals surface area contributed by atoms with Crippen LogP contribution >= 0.6 is 11.3 Å². The number of fused-ring (bicyclic) bond motifs is 1. The molecule has 0 aliphatic heterocycles. The van der Waals surface area contributed by atoms with Gasteiger partial charge in [0.2, 0.25) is 0 Å². The van der Waals surface area contributed by atoms with Crippen LogP contribution in [0.5, 0.6) is 5.75 Å². The van der Waals surface area contributed by atoms with Gasteiger partial charge in [-0.05, 0) is 42.7 Å². The van der Waals surface area contributed by atoms with Gasteiger partial charge in [0, 0.05) is 0 Å². The van der Waals surface area contributed by atoms with Gasteiger partial charge < -0.3 is 9.84 Å². The van der Waals surface area contributed by atoms with Crippen LogP contribution in [-0.4, -0.2) is 16.7 Å². The molecule has 0 saturated heterocycles. The largest absolute Gasteiger partial charge is 0.494 e. The zero-order valence-electron chi connectivity index (χ0n) is 12.8. The molecule has 0 fully saturated rings. The van der Waals surface area contributed by atoms with Gasteiger partial charge in [-0.1, -0.05) is 30.3 Å². The van der Waals surface area contributed by atoms with E-state index in [-0.39, 0.29) is 0 Å². The number of nitrogens with zero attached hydrogens (tertiary/aromatic N) is 1. The standard InChI is InChI=1S/C19H19NO2S/c1-2-3-6-12-22-15-9-7-8-14(13-15)18(21)19-20-16-10-4-5-11-17(16)23-19/h2,4-5,7-11,13,18,21H,1,3,6,12H2. The molecule has 0 spiro atoms. The van der Waals surface area contributed by atoms with Crippen LogP contribution in [0.1, 0.15) is 29.5 Å². The van der Waals surface area contributed by atoms with Gasteiger partial charge in [0.25, 0.3) is 0 Å². The minimum absolute atomic E-state index is 0.646. The highest BCUT2D eigenvalue weighted by Crippen LogP contribution is 2.31. The van der Waals surface area contributed by atoms with E-state index in [1.54, 1.807) is 0 Å². The number of ether oxygens (including phenoxy) is 1. The van der Waals surface area contributed by atoms with Gasteiger partial charge in [-0.3, -0.25) is 0 Å². The third-order valence-electron chi connectivity index (χ3n) is 3.54. The number of thiazole rings is 1. The number of hydrogen-bond acceptors (Lipinski definition) is 4. The molecular formula is C19H19NO2S. The van der Waals surface area contributed by atoms with Gasteiger partial charge in [0.1, 0.15) is 16.9 Å². The molecule has 1 N–H and O–H groups in total. The van der Waals surface area contributed by atoms with Gasteiger partial charge in [0.15, 0.2) is 0 Å². The zero-order chi connectivity index (χ0) is 16.1. The Kier molecular flexibility index (Phi) is 5.05. The van der Waals surface area contributed by atoms with Crippen LogP contribution < -0.4 is 4.74 Å². The number of benzene rings is 2. The lowest BCUT2D eigenvalue weighted by Crippen LogP contribution is -2.01. The lowest BCUT2D eigenvalue weighted by atomic mass is 10.1. The van der Waals surface area contributed by atoms with Crippen molar-refractivity contribution in [1.29, 1.82) is 0 Å². The lowest BCUT2D eigenvalue weighted by molar-refractivity contribution is 0.219. The molecule has 3 aromatic rings. The van der Waals surface area contributed by atoms with Gasteiger partial charge in [-0.2, -0.15) is 0 Å². The summed E-state index contributed by atoms with van der Waals surface area (Å²) < 4.78 is 6.80. The smallest absolute Gasteiger partial charge is 0.131 e. The van der Waals surface area contributed by atoms with Crippen LogP contribution in [0, 0.1) is 0 Å². The van der Waals surface area contributed by atoms with Crippen molar-refractivity contribution in [3.05, 3.63) is 71.8 Å². The highest BCUT2D eigenvalue weighted by atomic mass is 32.1. The minimum atomic E-state index is -0.732. The van der Waals surface area contributed by atoms with Crippen molar-refractivity contribution in [2.75, 3.05) is 6.61 Å². The minimum Gasteiger partial charge on any atom is -0.494 e. The van der Waals surface area contributed by atoms with Crippen LogP contribution in [0.4, 0.5) is 0 Å². The first-order valence-electron chi connectivity index (χ1n) is 7.65. The summed E-state index contributed by atoms with van der Waals surface area (Å²) in [6.07, 6.45) is 3.03. The summed E-state index contributed by atoms with van der Waals surface area (Å²) in [7, 11) is 0. The predicted molar refractivity (Wildman–Crippen MR) is 95.0 cm³/mol. The summed E-state index contributed by atoms with van der Waals surface area (Å²) in [6, 6.07) is 15.5. The van der Waals surface area contributed by atoms with Crippen LogP contribution in [0.25, 0.3) is 10.2 Å². The Balaban J connectivity index is 1.76. The molecule has 3 nitrogen and oxygen atoms in total. The number of aromatic nitrogens is 1. The molecule has 0 radical (unpaired) electrons. The highest BCUT2D eigenvalue weighted by molar-refractivity contribution is 7.18. The highest BCUT2D eigenvalue weighted by Gasteiger charge is 2.16. The van der Waals surface area contributed by atoms with E-state index in [0.717, 1.165) is 34.4 Å². The topological polar surface area (TPSA) is 42.4 Å². The first kappa shape index (κ1) is 15.7. The van der Waals surface area contributed by atoms with Gasteiger partial charge >= 0.3 is 0 Å². The van der Waals surface area contributed by atoms with E-state index in [1.807, 2.05) is 54.6 Å². The molecule has 23 heavy (non-hydrogen) atoms. The number of unbranched alkanes of at least 4 members (excludes halogenated alkanes) is 1. The fourth-order valence-electron chi connectivity index (χ4n) is 2.34. The number of aliphatic hydroxyl groups excluding tert-OH is 1.